The van der Waals surface area contributed by atoms with Crippen molar-refractivity contribution in [2.75, 3.05) is 40.8 Å². The summed E-state index contributed by atoms with van der Waals surface area (Å²) < 4.78 is 5.19. The fraction of sp³-hybridized carbons (Fsp3) is 0.929. The third-order valence-corrected chi connectivity index (χ3v) is 3.96. The molecule has 4 heteroatoms. The topological polar surface area (TPSA) is 32.8 Å². The SMILES string of the molecule is CCCCOC(=O)CN(C)CC1(N(C)C)CCC1. The van der Waals surface area contributed by atoms with Crippen molar-refractivity contribution in [3.05, 3.63) is 0 Å². The van der Waals surface area contributed by atoms with Gasteiger partial charge in [0.2, 0.25) is 0 Å². The Bertz CT molecular complexity index is 263. The molecule has 0 atom stereocenters. The van der Waals surface area contributed by atoms with Crippen molar-refractivity contribution in [1.29, 1.82) is 0 Å². The number of ether oxygens (including phenoxy) is 1. The first-order chi connectivity index (χ1) is 8.50. The van der Waals surface area contributed by atoms with Crippen LogP contribution in [0.1, 0.15) is 39.0 Å². The first kappa shape index (κ1) is 15.4. The molecule has 0 aromatic heterocycles. The smallest absolute Gasteiger partial charge is 0.320 e. The molecular weight excluding hydrogens is 228 g/mol. The summed E-state index contributed by atoms with van der Waals surface area (Å²) in [6.07, 6.45) is 5.78. The van der Waals surface area contributed by atoms with Gasteiger partial charge in [0, 0.05) is 12.1 Å². The first-order valence-corrected chi connectivity index (χ1v) is 7.02. The van der Waals surface area contributed by atoms with E-state index in [1.54, 1.807) is 0 Å². The third-order valence-electron chi connectivity index (χ3n) is 3.96. The molecule has 1 saturated carbocycles. The van der Waals surface area contributed by atoms with Crippen LogP contribution in [-0.2, 0) is 9.53 Å². The molecule has 106 valence electrons. The molecule has 0 unspecified atom stereocenters. The minimum absolute atomic E-state index is 0.0980. The molecule has 1 rings (SSSR count). The number of carbonyl (C=O) groups excluding carboxylic acids is 1. The normalized spacial score (nSPS) is 17.9. The lowest BCUT2D eigenvalue weighted by atomic mass is 9.75. The number of hydrogen-bond donors (Lipinski definition) is 0. The van der Waals surface area contributed by atoms with Crippen molar-refractivity contribution >= 4 is 5.97 Å². The van der Waals surface area contributed by atoms with E-state index in [0.29, 0.717) is 13.2 Å². The second-order valence-electron chi connectivity index (χ2n) is 5.72. The molecule has 1 aliphatic rings. The Labute approximate surface area is 111 Å². The molecule has 4 nitrogen and oxygen atoms in total. The summed E-state index contributed by atoms with van der Waals surface area (Å²) in [5.41, 5.74) is 0.276. The first-order valence-electron chi connectivity index (χ1n) is 7.02. The van der Waals surface area contributed by atoms with E-state index in [9.17, 15) is 4.79 Å². The van der Waals surface area contributed by atoms with E-state index < -0.39 is 0 Å². The highest BCUT2D eigenvalue weighted by Crippen LogP contribution is 2.36. The van der Waals surface area contributed by atoms with Crippen LogP contribution in [0.3, 0.4) is 0 Å². The summed E-state index contributed by atoms with van der Waals surface area (Å²) >= 11 is 0. The van der Waals surface area contributed by atoms with E-state index in [1.165, 1.54) is 19.3 Å². The van der Waals surface area contributed by atoms with Crippen LogP contribution >= 0.6 is 0 Å². The number of carbonyl (C=O) groups is 1. The van der Waals surface area contributed by atoms with Crippen molar-refractivity contribution in [2.45, 2.75) is 44.6 Å². The maximum atomic E-state index is 11.6. The quantitative estimate of drug-likeness (QED) is 0.489. The molecule has 0 aromatic carbocycles. The maximum Gasteiger partial charge on any atom is 0.320 e. The Morgan fingerprint density at radius 1 is 1.28 bits per heavy atom. The minimum atomic E-state index is -0.0980. The monoisotopic (exact) mass is 256 g/mol. The molecular formula is C14H28N2O2. The van der Waals surface area contributed by atoms with Crippen molar-refractivity contribution in [3.8, 4) is 0 Å². The van der Waals surface area contributed by atoms with Gasteiger partial charge in [-0.15, -0.1) is 0 Å². The highest BCUT2D eigenvalue weighted by molar-refractivity contribution is 5.71. The number of likely N-dealkylation sites (N-methyl/N-ethyl adjacent to an activating group) is 2. The van der Waals surface area contributed by atoms with Gasteiger partial charge < -0.3 is 9.64 Å². The zero-order valence-corrected chi connectivity index (χ0v) is 12.4. The summed E-state index contributed by atoms with van der Waals surface area (Å²) in [6, 6.07) is 0. The Hall–Kier alpha value is -0.610. The van der Waals surface area contributed by atoms with E-state index in [1.807, 2.05) is 7.05 Å². The Morgan fingerprint density at radius 2 is 1.94 bits per heavy atom. The highest BCUT2D eigenvalue weighted by Gasteiger charge is 2.39. The van der Waals surface area contributed by atoms with Crippen LogP contribution in [0.4, 0.5) is 0 Å². The van der Waals surface area contributed by atoms with Crippen LogP contribution in [0.25, 0.3) is 0 Å². The summed E-state index contributed by atoms with van der Waals surface area (Å²) in [5.74, 6) is -0.0980. The third kappa shape index (κ3) is 4.25. The molecule has 0 spiro atoms. The summed E-state index contributed by atoms with van der Waals surface area (Å²) in [6.45, 7) is 4.00. The molecule has 1 aliphatic carbocycles. The van der Waals surface area contributed by atoms with Crippen molar-refractivity contribution < 1.29 is 9.53 Å². The zero-order valence-electron chi connectivity index (χ0n) is 12.4. The van der Waals surface area contributed by atoms with Gasteiger partial charge in [0.15, 0.2) is 0 Å². The van der Waals surface area contributed by atoms with Gasteiger partial charge in [-0.2, -0.15) is 0 Å². The van der Waals surface area contributed by atoms with E-state index in [2.05, 4.69) is 30.8 Å². The average molecular weight is 256 g/mol. The van der Waals surface area contributed by atoms with E-state index in [-0.39, 0.29) is 11.5 Å². The van der Waals surface area contributed by atoms with Gasteiger partial charge in [0.05, 0.1) is 13.2 Å². The van der Waals surface area contributed by atoms with Gasteiger partial charge in [-0.1, -0.05) is 13.3 Å². The van der Waals surface area contributed by atoms with E-state index in [4.69, 9.17) is 4.74 Å². The predicted molar refractivity (Wildman–Crippen MR) is 73.6 cm³/mol. The second-order valence-corrected chi connectivity index (χ2v) is 5.72. The molecule has 0 aliphatic heterocycles. The van der Waals surface area contributed by atoms with Crippen LogP contribution in [0.15, 0.2) is 0 Å². The number of rotatable bonds is 8. The molecule has 0 amide bonds. The molecule has 0 saturated heterocycles. The number of unbranched alkanes of at least 4 members (excludes halogenated alkanes) is 1. The van der Waals surface area contributed by atoms with Crippen LogP contribution in [-0.4, -0.2) is 62.1 Å². The number of hydrogen-bond acceptors (Lipinski definition) is 4. The Morgan fingerprint density at radius 3 is 2.39 bits per heavy atom. The van der Waals surface area contributed by atoms with Gasteiger partial charge >= 0.3 is 5.97 Å². The van der Waals surface area contributed by atoms with Crippen LogP contribution in [0.5, 0.6) is 0 Å². The summed E-state index contributed by atoms with van der Waals surface area (Å²) in [4.78, 5) is 16.0. The molecule has 0 radical (unpaired) electrons. The zero-order chi connectivity index (χ0) is 13.6. The fourth-order valence-corrected chi connectivity index (χ4v) is 2.49. The number of nitrogens with zero attached hydrogens (tertiary/aromatic N) is 2. The van der Waals surface area contributed by atoms with Crippen molar-refractivity contribution in [2.24, 2.45) is 0 Å². The second kappa shape index (κ2) is 7.10. The van der Waals surface area contributed by atoms with E-state index in [0.717, 1.165) is 19.4 Å². The summed E-state index contributed by atoms with van der Waals surface area (Å²) in [7, 11) is 6.27. The molecule has 1 fully saturated rings. The predicted octanol–water partition coefficient (Wildman–Crippen LogP) is 1.75. The van der Waals surface area contributed by atoms with Gasteiger partial charge in [-0.05, 0) is 46.8 Å². The largest absolute Gasteiger partial charge is 0.465 e. The molecule has 18 heavy (non-hydrogen) atoms. The van der Waals surface area contributed by atoms with Crippen LogP contribution < -0.4 is 0 Å². The average Bonchev–Trinajstić information content (AvgIpc) is 2.23. The molecule has 0 N–H and O–H groups in total. The fourth-order valence-electron chi connectivity index (χ4n) is 2.49. The lowest BCUT2D eigenvalue weighted by molar-refractivity contribution is -0.145. The minimum Gasteiger partial charge on any atom is -0.465 e. The van der Waals surface area contributed by atoms with Crippen molar-refractivity contribution in [3.63, 3.8) is 0 Å². The standard InChI is InChI=1S/C14H28N2O2/c1-5-6-10-18-13(17)11-16(4)12-14(15(2)3)8-7-9-14/h5-12H2,1-4H3. The lowest BCUT2D eigenvalue weighted by Gasteiger charge is -2.49. The molecule has 0 heterocycles. The van der Waals surface area contributed by atoms with Crippen LogP contribution in [0, 0.1) is 0 Å². The van der Waals surface area contributed by atoms with Gasteiger partial charge in [0.1, 0.15) is 0 Å². The van der Waals surface area contributed by atoms with Crippen molar-refractivity contribution in [1.82, 2.24) is 9.80 Å². The van der Waals surface area contributed by atoms with Gasteiger partial charge in [-0.3, -0.25) is 9.69 Å². The Kier molecular flexibility index (Phi) is 6.09. The van der Waals surface area contributed by atoms with Gasteiger partial charge in [0.25, 0.3) is 0 Å². The summed E-state index contributed by atoms with van der Waals surface area (Å²) in [5, 5.41) is 0. The lowest BCUT2D eigenvalue weighted by Crippen LogP contribution is -2.57. The van der Waals surface area contributed by atoms with Gasteiger partial charge in [-0.25, -0.2) is 0 Å². The Balaban J connectivity index is 2.28. The number of esters is 1. The highest BCUT2D eigenvalue weighted by atomic mass is 16.5. The van der Waals surface area contributed by atoms with Crippen LogP contribution in [0.2, 0.25) is 0 Å². The van der Waals surface area contributed by atoms with E-state index >= 15 is 0 Å². The molecule has 0 aromatic rings. The maximum absolute atomic E-state index is 11.6. The molecule has 0 bridgehead atoms.